The Balaban J connectivity index is 2.36. The monoisotopic (exact) mass is 221 g/mol. The zero-order chi connectivity index (χ0) is 10.8. The number of rotatable bonds is 2. The molecule has 1 aliphatic rings. The zero-order valence-electron chi connectivity index (χ0n) is 8.16. The van der Waals surface area contributed by atoms with E-state index in [0.29, 0.717) is 5.56 Å². The highest BCUT2D eigenvalue weighted by Gasteiger charge is 2.16. The topological polar surface area (TPSA) is 60.2 Å². The predicted octanol–water partition coefficient (Wildman–Crippen LogP) is 1.39. The smallest absolute Gasteiger partial charge is 0.289 e. The molecule has 0 saturated carbocycles. The van der Waals surface area contributed by atoms with Gasteiger partial charge in [0.15, 0.2) is 0 Å². The third-order valence-electron chi connectivity index (χ3n) is 2.39. The van der Waals surface area contributed by atoms with E-state index >= 15 is 0 Å². The Bertz CT molecular complexity index is 429. The van der Waals surface area contributed by atoms with E-state index in [4.69, 9.17) is 5.73 Å². The number of amides is 1. The Morgan fingerprint density at radius 2 is 2.13 bits per heavy atom. The summed E-state index contributed by atoms with van der Waals surface area (Å²) in [5.41, 5.74) is 6.51. The molecule has 1 aliphatic heterocycles. The lowest BCUT2D eigenvalue weighted by atomic mass is 10.0. The van der Waals surface area contributed by atoms with Crippen LogP contribution in [-0.2, 0) is 11.2 Å². The number of carbonyl (C=O) groups excluding carboxylic acids is 2. The summed E-state index contributed by atoms with van der Waals surface area (Å²) in [4.78, 5) is 23.3. The maximum atomic E-state index is 11.3. The van der Waals surface area contributed by atoms with Gasteiger partial charge in [0, 0.05) is 10.5 Å². The molecule has 0 bridgehead atoms. The molecule has 4 heteroatoms. The number of ketones is 1. The van der Waals surface area contributed by atoms with Crippen LogP contribution in [0.15, 0.2) is 23.1 Å². The molecule has 0 unspecified atom stereocenters. The number of Topliss-reactive ketones (excluding diaryl/α,β-unsaturated/α-hetero) is 1. The van der Waals surface area contributed by atoms with Crippen molar-refractivity contribution in [3.63, 3.8) is 0 Å². The van der Waals surface area contributed by atoms with E-state index in [1.165, 1.54) is 4.90 Å². The second kappa shape index (κ2) is 4.06. The standard InChI is InChI=1S/C11H11NO2S/c12-11(14)10(13)8-3-4-9-7(6-8)2-1-5-15-9/h3-4,6H,1-2,5H2,(H2,12,14). The molecule has 0 fully saturated rings. The minimum Gasteiger partial charge on any atom is -0.363 e. The molecular formula is C11H11NO2S. The van der Waals surface area contributed by atoms with Gasteiger partial charge in [0.25, 0.3) is 5.91 Å². The van der Waals surface area contributed by atoms with Crippen molar-refractivity contribution in [1.29, 1.82) is 0 Å². The largest absolute Gasteiger partial charge is 0.363 e. The average molecular weight is 221 g/mol. The highest BCUT2D eigenvalue weighted by Crippen LogP contribution is 2.30. The van der Waals surface area contributed by atoms with Gasteiger partial charge in [-0.25, -0.2) is 0 Å². The first kappa shape index (κ1) is 10.2. The molecule has 1 aromatic rings. The quantitative estimate of drug-likeness (QED) is 0.606. The van der Waals surface area contributed by atoms with E-state index in [0.717, 1.165) is 24.2 Å². The van der Waals surface area contributed by atoms with Gasteiger partial charge in [-0.2, -0.15) is 0 Å². The predicted molar refractivity (Wildman–Crippen MR) is 59.0 cm³/mol. The summed E-state index contributed by atoms with van der Waals surface area (Å²) in [6, 6.07) is 5.36. The van der Waals surface area contributed by atoms with Gasteiger partial charge < -0.3 is 5.73 Å². The molecule has 1 heterocycles. The molecule has 3 nitrogen and oxygen atoms in total. The van der Waals surface area contributed by atoms with Gasteiger partial charge in [-0.15, -0.1) is 11.8 Å². The van der Waals surface area contributed by atoms with Crippen LogP contribution in [0.2, 0.25) is 0 Å². The second-order valence-electron chi connectivity index (χ2n) is 3.47. The van der Waals surface area contributed by atoms with Crippen molar-refractivity contribution in [1.82, 2.24) is 0 Å². The van der Waals surface area contributed by atoms with E-state index in [9.17, 15) is 9.59 Å². The first-order chi connectivity index (χ1) is 7.18. The molecule has 0 saturated heterocycles. The fourth-order valence-corrected chi connectivity index (χ4v) is 2.66. The Kier molecular flexibility index (Phi) is 2.77. The molecule has 0 aromatic heterocycles. The Morgan fingerprint density at radius 3 is 2.87 bits per heavy atom. The number of hydrogen-bond donors (Lipinski definition) is 1. The molecule has 78 valence electrons. The Labute approximate surface area is 92.0 Å². The lowest BCUT2D eigenvalue weighted by Gasteiger charge is -2.15. The third-order valence-corrected chi connectivity index (χ3v) is 3.60. The molecular weight excluding hydrogens is 210 g/mol. The van der Waals surface area contributed by atoms with Gasteiger partial charge in [-0.3, -0.25) is 9.59 Å². The van der Waals surface area contributed by atoms with Crippen molar-refractivity contribution in [2.45, 2.75) is 17.7 Å². The second-order valence-corrected chi connectivity index (χ2v) is 4.60. The maximum absolute atomic E-state index is 11.3. The van der Waals surface area contributed by atoms with Gasteiger partial charge in [0.2, 0.25) is 5.78 Å². The van der Waals surface area contributed by atoms with Crippen molar-refractivity contribution in [3.05, 3.63) is 29.3 Å². The van der Waals surface area contributed by atoms with Crippen LogP contribution in [0.3, 0.4) is 0 Å². The number of thioether (sulfide) groups is 1. The maximum Gasteiger partial charge on any atom is 0.289 e. The van der Waals surface area contributed by atoms with Gasteiger partial charge in [0.05, 0.1) is 0 Å². The van der Waals surface area contributed by atoms with E-state index in [1.54, 1.807) is 23.9 Å². The molecule has 0 atom stereocenters. The van der Waals surface area contributed by atoms with Crippen molar-refractivity contribution < 1.29 is 9.59 Å². The molecule has 1 aromatic carbocycles. The number of fused-ring (bicyclic) bond motifs is 1. The summed E-state index contributed by atoms with van der Waals surface area (Å²) in [5.74, 6) is -0.373. The summed E-state index contributed by atoms with van der Waals surface area (Å²) in [6.45, 7) is 0. The number of primary amides is 1. The number of hydrogen-bond acceptors (Lipinski definition) is 3. The molecule has 0 aliphatic carbocycles. The van der Waals surface area contributed by atoms with Gasteiger partial charge in [0.1, 0.15) is 0 Å². The molecule has 2 rings (SSSR count). The summed E-state index contributed by atoms with van der Waals surface area (Å²) in [7, 11) is 0. The van der Waals surface area contributed by atoms with Crippen LogP contribution in [0.4, 0.5) is 0 Å². The number of benzene rings is 1. The highest BCUT2D eigenvalue weighted by molar-refractivity contribution is 7.99. The van der Waals surface area contributed by atoms with Crippen molar-refractivity contribution in [2.75, 3.05) is 5.75 Å². The number of carbonyl (C=O) groups is 2. The van der Waals surface area contributed by atoms with E-state index < -0.39 is 11.7 Å². The van der Waals surface area contributed by atoms with Crippen molar-refractivity contribution >= 4 is 23.5 Å². The zero-order valence-corrected chi connectivity index (χ0v) is 8.97. The summed E-state index contributed by atoms with van der Waals surface area (Å²) in [6.07, 6.45) is 2.09. The SMILES string of the molecule is NC(=O)C(=O)c1ccc2c(c1)CCCS2. The summed E-state index contributed by atoms with van der Waals surface area (Å²) in [5, 5.41) is 0. The minimum atomic E-state index is -0.890. The van der Waals surface area contributed by atoms with Crippen LogP contribution in [0.25, 0.3) is 0 Å². The number of aryl methyl sites for hydroxylation is 1. The first-order valence-electron chi connectivity index (χ1n) is 4.78. The number of nitrogens with two attached hydrogens (primary N) is 1. The Hall–Kier alpha value is -1.29. The van der Waals surface area contributed by atoms with Crippen molar-refractivity contribution in [2.24, 2.45) is 5.73 Å². The third kappa shape index (κ3) is 2.04. The minimum absolute atomic E-state index is 0.406. The van der Waals surface area contributed by atoms with Crippen LogP contribution < -0.4 is 5.73 Å². The van der Waals surface area contributed by atoms with Crippen molar-refractivity contribution in [3.8, 4) is 0 Å². The average Bonchev–Trinajstić information content (AvgIpc) is 2.27. The van der Waals surface area contributed by atoms with E-state index in [2.05, 4.69) is 0 Å². The highest BCUT2D eigenvalue weighted by atomic mass is 32.2. The lowest BCUT2D eigenvalue weighted by molar-refractivity contribution is -0.114. The summed E-state index contributed by atoms with van der Waals surface area (Å²) >= 11 is 1.79. The molecule has 0 radical (unpaired) electrons. The molecule has 1 amide bonds. The molecule has 0 spiro atoms. The van der Waals surface area contributed by atoms with Gasteiger partial charge in [-0.1, -0.05) is 0 Å². The fraction of sp³-hybridized carbons (Fsp3) is 0.273. The normalized spacial score (nSPS) is 14.4. The molecule has 15 heavy (non-hydrogen) atoms. The first-order valence-corrected chi connectivity index (χ1v) is 5.77. The van der Waals surface area contributed by atoms with Gasteiger partial charge >= 0.3 is 0 Å². The molecule has 2 N–H and O–H groups in total. The van der Waals surface area contributed by atoms with Crippen LogP contribution in [0, 0.1) is 0 Å². The van der Waals surface area contributed by atoms with Gasteiger partial charge in [-0.05, 0) is 42.4 Å². The lowest BCUT2D eigenvalue weighted by Crippen LogP contribution is -2.23. The van der Waals surface area contributed by atoms with Crippen LogP contribution in [-0.4, -0.2) is 17.4 Å². The summed E-state index contributed by atoms with van der Waals surface area (Å²) < 4.78 is 0. The van der Waals surface area contributed by atoms with E-state index in [1.807, 2.05) is 6.07 Å². The fourth-order valence-electron chi connectivity index (χ4n) is 1.64. The van der Waals surface area contributed by atoms with Crippen LogP contribution in [0.5, 0.6) is 0 Å². The van der Waals surface area contributed by atoms with Crippen LogP contribution in [0.1, 0.15) is 22.3 Å². The van der Waals surface area contributed by atoms with E-state index in [-0.39, 0.29) is 0 Å². The Morgan fingerprint density at radius 1 is 1.33 bits per heavy atom. The van der Waals surface area contributed by atoms with Crippen LogP contribution >= 0.6 is 11.8 Å².